The molecule has 1 unspecified atom stereocenters. The maximum absolute atomic E-state index is 12.9. The van der Waals surface area contributed by atoms with Crippen molar-refractivity contribution in [2.45, 2.75) is 50.3 Å². The molecule has 1 fully saturated rings. The summed E-state index contributed by atoms with van der Waals surface area (Å²) in [6, 6.07) is 17.0. The van der Waals surface area contributed by atoms with Crippen molar-refractivity contribution in [2.24, 2.45) is 5.92 Å². The van der Waals surface area contributed by atoms with Gasteiger partial charge >= 0.3 is 0 Å². The summed E-state index contributed by atoms with van der Waals surface area (Å²) < 4.78 is 23.1. The summed E-state index contributed by atoms with van der Waals surface area (Å²) in [5.74, 6) is 0.425. The zero-order chi connectivity index (χ0) is 20.0. The third-order valence-corrected chi connectivity index (χ3v) is 6.28. The van der Waals surface area contributed by atoms with Gasteiger partial charge in [-0.1, -0.05) is 74.6 Å². The van der Waals surface area contributed by atoms with Crippen LogP contribution in [-0.4, -0.2) is 20.6 Å². The van der Waals surface area contributed by atoms with E-state index in [0.29, 0.717) is 17.0 Å². The Hall–Kier alpha value is -2.14. The van der Waals surface area contributed by atoms with E-state index in [1.165, 1.54) is 38.4 Å². The summed E-state index contributed by atoms with van der Waals surface area (Å²) in [4.78, 5) is 12.9. The minimum absolute atomic E-state index is 0.0321. The molecule has 0 saturated heterocycles. The molecule has 5 heteroatoms. The minimum atomic E-state index is -3.14. The van der Waals surface area contributed by atoms with E-state index in [0.717, 1.165) is 12.0 Å². The van der Waals surface area contributed by atoms with Crippen LogP contribution in [0.3, 0.4) is 0 Å². The molecule has 1 aliphatic carbocycles. The Bertz CT molecular complexity index is 887. The zero-order valence-electron chi connectivity index (χ0n) is 16.4. The first kappa shape index (κ1) is 20.6. The highest BCUT2D eigenvalue weighted by atomic mass is 32.2. The van der Waals surface area contributed by atoms with Crippen LogP contribution in [0, 0.1) is 5.92 Å². The van der Waals surface area contributed by atoms with Gasteiger partial charge in [-0.05, 0) is 35.6 Å². The second-order valence-corrected chi connectivity index (χ2v) is 10.1. The van der Waals surface area contributed by atoms with Crippen LogP contribution in [0.15, 0.2) is 54.6 Å². The number of sulfone groups is 1. The molecule has 0 bridgehead atoms. The minimum Gasteiger partial charge on any atom is -0.345 e. The zero-order valence-corrected chi connectivity index (χ0v) is 17.3. The topological polar surface area (TPSA) is 63.2 Å². The molecular formula is C23H29NO3S. The molecule has 3 rings (SSSR count). The molecule has 0 heterocycles. The first-order chi connectivity index (χ1) is 13.4. The van der Waals surface area contributed by atoms with Gasteiger partial charge in [0.1, 0.15) is 0 Å². The molecular weight excluding hydrogens is 370 g/mol. The number of rotatable bonds is 7. The van der Waals surface area contributed by atoms with Gasteiger partial charge in [-0.3, -0.25) is 4.79 Å². The molecule has 28 heavy (non-hydrogen) atoms. The van der Waals surface area contributed by atoms with Crippen molar-refractivity contribution in [1.82, 2.24) is 5.32 Å². The number of hydrogen-bond donors (Lipinski definition) is 1. The van der Waals surface area contributed by atoms with Crippen LogP contribution < -0.4 is 5.32 Å². The lowest BCUT2D eigenvalue weighted by molar-refractivity contribution is 0.0928. The van der Waals surface area contributed by atoms with Gasteiger partial charge < -0.3 is 5.32 Å². The molecule has 0 aliphatic heterocycles. The highest BCUT2D eigenvalue weighted by molar-refractivity contribution is 7.89. The van der Waals surface area contributed by atoms with Crippen molar-refractivity contribution in [3.05, 3.63) is 71.3 Å². The van der Waals surface area contributed by atoms with E-state index in [9.17, 15) is 13.2 Å². The van der Waals surface area contributed by atoms with Gasteiger partial charge in [0.05, 0.1) is 11.8 Å². The number of nitrogens with one attached hydrogen (secondary N) is 1. The van der Waals surface area contributed by atoms with Crippen LogP contribution in [0.2, 0.25) is 0 Å². The van der Waals surface area contributed by atoms with E-state index in [4.69, 9.17) is 0 Å². The van der Waals surface area contributed by atoms with Gasteiger partial charge in [0.25, 0.3) is 5.91 Å². The monoisotopic (exact) mass is 399 g/mol. The number of amides is 1. The molecule has 1 atom stereocenters. The lowest BCUT2D eigenvalue weighted by atomic mass is 9.83. The van der Waals surface area contributed by atoms with Crippen LogP contribution in [-0.2, 0) is 15.6 Å². The largest absolute Gasteiger partial charge is 0.345 e. The Morgan fingerprint density at radius 2 is 1.75 bits per heavy atom. The molecule has 0 spiro atoms. The predicted octanol–water partition coefficient (Wildman–Crippen LogP) is 4.67. The summed E-state index contributed by atoms with van der Waals surface area (Å²) in [5, 5.41) is 3.20. The average Bonchev–Trinajstić information content (AvgIpc) is 2.68. The van der Waals surface area contributed by atoms with E-state index >= 15 is 0 Å². The summed E-state index contributed by atoms with van der Waals surface area (Å²) >= 11 is 0. The van der Waals surface area contributed by atoms with E-state index in [-0.39, 0.29) is 17.7 Å². The maximum atomic E-state index is 12.9. The van der Waals surface area contributed by atoms with Crippen molar-refractivity contribution in [1.29, 1.82) is 0 Å². The molecule has 150 valence electrons. The molecule has 1 N–H and O–H groups in total. The van der Waals surface area contributed by atoms with Crippen molar-refractivity contribution >= 4 is 15.7 Å². The van der Waals surface area contributed by atoms with Crippen molar-refractivity contribution in [3.63, 3.8) is 0 Å². The third kappa shape index (κ3) is 6.20. The second-order valence-electron chi connectivity index (χ2n) is 7.95. The highest BCUT2D eigenvalue weighted by Gasteiger charge is 2.22. The van der Waals surface area contributed by atoms with E-state index in [1.54, 1.807) is 24.3 Å². The molecule has 1 amide bonds. The SMILES string of the molecule is CS(=O)(=O)Cc1cccc(C(=O)NC(CC2CCCCC2)c2ccccc2)c1. The molecule has 1 aliphatic rings. The van der Waals surface area contributed by atoms with E-state index < -0.39 is 9.84 Å². The van der Waals surface area contributed by atoms with Crippen LogP contribution in [0.1, 0.15) is 66.1 Å². The smallest absolute Gasteiger partial charge is 0.251 e. The average molecular weight is 400 g/mol. The highest BCUT2D eigenvalue weighted by Crippen LogP contribution is 2.32. The summed E-state index contributed by atoms with van der Waals surface area (Å²) in [6.45, 7) is 0. The molecule has 0 aromatic heterocycles. The van der Waals surface area contributed by atoms with Gasteiger partial charge in [0, 0.05) is 11.8 Å². The molecule has 2 aromatic carbocycles. The third-order valence-electron chi connectivity index (χ3n) is 5.42. The number of benzene rings is 2. The van der Waals surface area contributed by atoms with E-state index in [2.05, 4.69) is 17.4 Å². The fraction of sp³-hybridized carbons (Fsp3) is 0.435. The Morgan fingerprint density at radius 1 is 1.04 bits per heavy atom. The fourth-order valence-corrected chi connectivity index (χ4v) is 4.85. The molecule has 4 nitrogen and oxygen atoms in total. The second kappa shape index (κ2) is 9.37. The van der Waals surface area contributed by atoms with Crippen molar-refractivity contribution < 1.29 is 13.2 Å². The standard InChI is InChI=1S/C23H29NO3S/c1-28(26,27)17-19-11-8-14-21(15-19)23(25)24-22(20-12-6-3-7-13-20)16-18-9-4-2-5-10-18/h3,6-8,11-15,18,22H,2,4-5,9-10,16-17H2,1H3,(H,24,25). The summed E-state index contributed by atoms with van der Waals surface area (Å²) in [7, 11) is -3.14. The van der Waals surface area contributed by atoms with Gasteiger partial charge in [0.15, 0.2) is 9.84 Å². The number of hydrogen-bond acceptors (Lipinski definition) is 3. The predicted molar refractivity (Wildman–Crippen MR) is 113 cm³/mol. The van der Waals surface area contributed by atoms with E-state index in [1.807, 2.05) is 18.2 Å². The van der Waals surface area contributed by atoms with Crippen LogP contribution in [0.25, 0.3) is 0 Å². The van der Waals surface area contributed by atoms with Crippen molar-refractivity contribution in [2.75, 3.05) is 6.26 Å². The van der Waals surface area contributed by atoms with Gasteiger partial charge in [-0.25, -0.2) is 8.42 Å². The summed E-state index contributed by atoms with van der Waals surface area (Å²) in [5.41, 5.74) is 2.26. The Labute approximate surface area is 168 Å². The fourth-order valence-electron chi connectivity index (χ4n) is 4.07. The van der Waals surface area contributed by atoms with Gasteiger partial charge in [0.2, 0.25) is 0 Å². The first-order valence-corrected chi connectivity index (χ1v) is 12.1. The summed E-state index contributed by atoms with van der Waals surface area (Å²) in [6.07, 6.45) is 8.45. The lowest BCUT2D eigenvalue weighted by Gasteiger charge is -2.27. The van der Waals surface area contributed by atoms with Gasteiger partial charge in [-0.15, -0.1) is 0 Å². The Kier molecular flexibility index (Phi) is 6.89. The van der Waals surface area contributed by atoms with Crippen LogP contribution in [0.4, 0.5) is 0 Å². The normalized spacial score (nSPS) is 16.5. The molecule has 0 radical (unpaired) electrons. The quantitative estimate of drug-likeness (QED) is 0.736. The first-order valence-electron chi connectivity index (χ1n) is 10.0. The van der Waals surface area contributed by atoms with Crippen LogP contribution in [0.5, 0.6) is 0 Å². The lowest BCUT2D eigenvalue weighted by Crippen LogP contribution is -2.30. The Balaban J connectivity index is 1.76. The van der Waals surface area contributed by atoms with Crippen molar-refractivity contribution in [3.8, 4) is 0 Å². The Morgan fingerprint density at radius 3 is 2.43 bits per heavy atom. The number of carbonyl (C=O) groups excluding carboxylic acids is 1. The number of carbonyl (C=O) groups is 1. The van der Waals surface area contributed by atoms with Crippen LogP contribution >= 0.6 is 0 Å². The molecule has 1 saturated carbocycles. The van der Waals surface area contributed by atoms with Gasteiger partial charge in [-0.2, -0.15) is 0 Å². The molecule has 2 aromatic rings. The maximum Gasteiger partial charge on any atom is 0.251 e.